The molecule has 1 aromatic rings. The molecule has 0 aromatic carbocycles. The highest BCUT2D eigenvalue weighted by atomic mass is 32.2. The fraction of sp³-hybridized carbons (Fsp3) is 0.250. The SMILES string of the molecule is CSCc1ncccc1C(=O)O. The summed E-state index contributed by atoms with van der Waals surface area (Å²) in [6, 6.07) is 3.20. The van der Waals surface area contributed by atoms with Crippen molar-refractivity contribution >= 4 is 17.7 Å². The van der Waals surface area contributed by atoms with Gasteiger partial charge in [0.1, 0.15) is 0 Å². The number of aromatic carboxylic acids is 1. The third kappa shape index (κ3) is 1.98. The van der Waals surface area contributed by atoms with E-state index in [1.807, 2.05) is 6.26 Å². The maximum Gasteiger partial charge on any atom is 0.337 e. The number of carboxylic acid groups (broad SMARTS) is 1. The molecule has 0 aliphatic heterocycles. The second-order valence-corrected chi connectivity index (χ2v) is 3.10. The van der Waals surface area contributed by atoms with Crippen LogP contribution in [0.3, 0.4) is 0 Å². The zero-order valence-corrected chi connectivity index (χ0v) is 7.47. The van der Waals surface area contributed by atoms with Gasteiger partial charge in [-0.15, -0.1) is 0 Å². The van der Waals surface area contributed by atoms with E-state index in [9.17, 15) is 4.79 Å². The van der Waals surface area contributed by atoms with Gasteiger partial charge >= 0.3 is 5.97 Å². The standard InChI is InChI=1S/C8H9NO2S/c1-12-5-7-6(8(10)11)3-2-4-9-7/h2-4H,5H2,1H3,(H,10,11). The molecule has 3 nitrogen and oxygen atoms in total. The number of hydrogen-bond donors (Lipinski definition) is 1. The van der Waals surface area contributed by atoms with Crippen molar-refractivity contribution in [2.24, 2.45) is 0 Å². The molecular weight excluding hydrogens is 174 g/mol. The van der Waals surface area contributed by atoms with Crippen LogP contribution in [0.2, 0.25) is 0 Å². The van der Waals surface area contributed by atoms with Gasteiger partial charge in [-0.2, -0.15) is 11.8 Å². The highest BCUT2D eigenvalue weighted by Crippen LogP contribution is 2.11. The fourth-order valence-electron chi connectivity index (χ4n) is 0.884. The van der Waals surface area contributed by atoms with E-state index in [1.165, 1.54) is 0 Å². The Kier molecular flexibility index (Phi) is 3.10. The van der Waals surface area contributed by atoms with Gasteiger partial charge in [-0.25, -0.2) is 4.79 Å². The Morgan fingerprint density at radius 2 is 2.50 bits per heavy atom. The Hall–Kier alpha value is -1.03. The predicted octanol–water partition coefficient (Wildman–Crippen LogP) is 1.64. The van der Waals surface area contributed by atoms with E-state index in [4.69, 9.17) is 5.11 Å². The molecule has 0 aliphatic rings. The molecule has 0 aliphatic carbocycles. The number of hydrogen-bond acceptors (Lipinski definition) is 3. The normalized spacial score (nSPS) is 9.75. The zero-order valence-electron chi connectivity index (χ0n) is 6.65. The lowest BCUT2D eigenvalue weighted by Crippen LogP contribution is -2.02. The summed E-state index contributed by atoms with van der Waals surface area (Å²) in [6.45, 7) is 0. The van der Waals surface area contributed by atoms with Crippen LogP contribution in [0.5, 0.6) is 0 Å². The molecule has 0 fully saturated rings. The van der Waals surface area contributed by atoms with Crippen LogP contribution in [0, 0.1) is 0 Å². The molecule has 1 heterocycles. The van der Waals surface area contributed by atoms with Gasteiger partial charge in [0.25, 0.3) is 0 Å². The molecule has 64 valence electrons. The summed E-state index contributed by atoms with van der Waals surface area (Å²) in [5.41, 5.74) is 0.935. The number of carboxylic acids is 1. The van der Waals surface area contributed by atoms with Crippen LogP contribution >= 0.6 is 11.8 Å². The van der Waals surface area contributed by atoms with Crippen molar-refractivity contribution in [3.63, 3.8) is 0 Å². The summed E-state index contributed by atoms with van der Waals surface area (Å²) in [5, 5.41) is 8.74. The van der Waals surface area contributed by atoms with E-state index in [1.54, 1.807) is 30.1 Å². The molecule has 4 heteroatoms. The summed E-state index contributed by atoms with van der Waals surface area (Å²) in [6.07, 6.45) is 3.53. The van der Waals surface area contributed by atoms with Crippen molar-refractivity contribution in [3.05, 3.63) is 29.6 Å². The number of rotatable bonds is 3. The molecule has 1 aromatic heterocycles. The van der Waals surface area contributed by atoms with Crippen molar-refractivity contribution in [3.8, 4) is 0 Å². The Morgan fingerprint density at radius 3 is 3.08 bits per heavy atom. The third-order valence-electron chi connectivity index (χ3n) is 1.40. The largest absolute Gasteiger partial charge is 0.478 e. The number of thioether (sulfide) groups is 1. The minimum atomic E-state index is -0.910. The van der Waals surface area contributed by atoms with Crippen LogP contribution in [0.4, 0.5) is 0 Å². The minimum Gasteiger partial charge on any atom is -0.478 e. The molecule has 0 atom stereocenters. The number of carbonyl (C=O) groups is 1. The zero-order chi connectivity index (χ0) is 8.97. The van der Waals surface area contributed by atoms with Crippen molar-refractivity contribution in [1.29, 1.82) is 0 Å². The Bertz CT molecular complexity index is 288. The van der Waals surface area contributed by atoms with Crippen molar-refractivity contribution in [2.75, 3.05) is 6.26 Å². The van der Waals surface area contributed by atoms with Crippen molar-refractivity contribution in [1.82, 2.24) is 4.98 Å². The quantitative estimate of drug-likeness (QED) is 0.774. The van der Waals surface area contributed by atoms with Crippen LogP contribution in [0.15, 0.2) is 18.3 Å². The van der Waals surface area contributed by atoms with Gasteiger partial charge in [0.05, 0.1) is 11.3 Å². The number of nitrogens with zero attached hydrogens (tertiary/aromatic N) is 1. The van der Waals surface area contributed by atoms with Gasteiger partial charge < -0.3 is 5.11 Å². The van der Waals surface area contributed by atoms with Crippen LogP contribution in [0.25, 0.3) is 0 Å². The van der Waals surface area contributed by atoms with E-state index >= 15 is 0 Å². The van der Waals surface area contributed by atoms with E-state index < -0.39 is 5.97 Å². The molecule has 1 N–H and O–H groups in total. The molecule has 0 spiro atoms. The minimum absolute atomic E-state index is 0.298. The smallest absolute Gasteiger partial charge is 0.337 e. The molecule has 1 rings (SSSR count). The van der Waals surface area contributed by atoms with Gasteiger partial charge in [0.15, 0.2) is 0 Å². The molecule has 0 saturated carbocycles. The molecule has 0 bridgehead atoms. The monoisotopic (exact) mass is 183 g/mol. The van der Waals surface area contributed by atoms with Crippen LogP contribution in [0.1, 0.15) is 16.1 Å². The molecule has 0 radical (unpaired) electrons. The molecule has 0 saturated heterocycles. The number of aromatic nitrogens is 1. The molecular formula is C8H9NO2S. The number of pyridine rings is 1. The summed E-state index contributed by atoms with van der Waals surface area (Å²) in [5.74, 6) is -0.269. The lowest BCUT2D eigenvalue weighted by molar-refractivity contribution is 0.0695. The summed E-state index contributed by atoms with van der Waals surface area (Å²) in [7, 11) is 0. The first kappa shape index (κ1) is 9.06. The van der Waals surface area contributed by atoms with Gasteiger partial charge in [-0.3, -0.25) is 4.98 Å². The Morgan fingerprint density at radius 1 is 1.75 bits per heavy atom. The second kappa shape index (κ2) is 4.11. The van der Waals surface area contributed by atoms with Crippen molar-refractivity contribution in [2.45, 2.75) is 5.75 Å². The Balaban J connectivity index is 3.00. The Labute approximate surface area is 74.8 Å². The summed E-state index contributed by atoms with van der Waals surface area (Å²) >= 11 is 1.56. The van der Waals surface area contributed by atoms with Gasteiger partial charge in [0.2, 0.25) is 0 Å². The maximum atomic E-state index is 10.6. The first-order valence-electron chi connectivity index (χ1n) is 3.42. The first-order chi connectivity index (χ1) is 5.75. The third-order valence-corrected chi connectivity index (χ3v) is 1.96. The van der Waals surface area contributed by atoms with E-state index in [-0.39, 0.29) is 0 Å². The first-order valence-corrected chi connectivity index (χ1v) is 4.81. The predicted molar refractivity (Wildman–Crippen MR) is 48.4 cm³/mol. The fourth-order valence-corrected chi connectivity index (χ4v) is 1.39. The second-order valence-electron chi connectivity index (χ2n) is 2.24. The summed E-state index contributed by atoms with van der Waals surface area (Å²) < 4.78 is 0. The van der Waals surface area contributed by atoms with E-state index in [0.29, 0.717) is 17.0 Å². The molecule has 0 unspecified atom stereocenters. The molecule has 12 heavy (non-hydrogen) atoms. The average molecular weight is 183 g/mol. The van der Waals surface area contributed by atoms with Gasteiger partial charge in [-0.05, 0) is 18.4 Å². The summed E-state index contributed by atoms with van der Waals surface area (Å²) in [4.78, 5) is 14.6. The van der Waals surface area contributed by atoms with Gasteiger partial charge in [0, 0.05) is 11.9 Å². The van der Waals surface area contributed by atoms with E-state index in [2.05, 4.69) is 4.98 Å². The van der Waals surface area contributed by atoms with Crippen LogP contribution in [-0.2, 0) is 5.75 Å². The highest BCUT2D eigenvalue weighted by molar-refractivity contribution is 7.97. The van der Waals surface area contributed by atoms with Crippen LogP contribution in [-0.4, -0.2) is 22.3 Å². The van der Waals surface area contributed by atoms with Crippen molar-refractivity contribution < 1.29 is 9.90 Å². The topological polar surface area (TPSA) is 50.2 Å². The average Bonchev–Trinajstić information content (AvgIpc) is 2.05. The maximum absolute atomic E-state index is 10.6. The van der Waals surface area contributed by atoms with Crippen LogP contribution < -0.4 is 0 Å². The highest BCUT2D eigenvalue weighted by Gasteiger charge is 2.08. The lowest BCUT2D eigenvalue weighted by Gasteiger charge is -2.00. The van der Waals surface area contributed by atoms with E-state index in [0.717, 1.165) is 0 Å². The van der Waals surface area contributed by atoms with Gasteiger partial charge in [-0.1, -0.05) is 0 Å². The molecule has 0 amide bonds. The lowest BCUT2D eigenvalue weighted by atomic mass is 10.2.